The number of fused-ring (bicyclic) bond motifs is 1. The van der Waals surface area contributed by atoms with Crippen LogP contribution < -0.4 is 0 Å². The summed E-state index contributed by atoms with van der Waals surface area (Å²) in [5, 5.41) is 7.64. The molecule has 0 radical (unpaired) electrons. The molecule has 4 aromatic rings. The molecule has 0 N–H and O–H groups in total. The zero-order chi connectivity index (χ0) is 19.0. The van der Waals surface area contributed by atoms with Crippen molar-refractivity contribution >= 4 is 17.4 Å². The topological polar surface area (TPSA) is 73.8 Å². The Morgan fingerprint density at radius 2 is 2.07 bits per heavy atom. The molecule has 138 valence electrons. The molecule has 0 spiro atoms. The van der Waals surface area contributed by atoms with Crippen LogP contribution in [0, 0.1) is 0 Å². The van der Waals surface area contributed by atoms with Crippen LogP contribution in [-0.2, 0) is 6.18 Å². The quantitative estimate of drug-likeness (QED) is 0.496. The fourth-order valence-corrected chi connectivity index (χ4v) is 3.28. The minimum absolute atomic E-state index is 0.114. The average molecular weight is 391 g/mol. The van der Waals surface area contributed by atoms with Crippen molar-refractivity contribution in [2.45, 2.75) is 18.0 Å². The van der Waals surface area contributed by atoms with Crippen molar-refractivity contribution in [3.05, 3.63) is 48.9 Å². The second-order valence-electron chi connectivity index (χ2n) is 5.46. The summed E-state index contributed by atoms with van der Waals surface area (Å²) in [5.74, 6) is 1.35. The van der Waals surface area contributed by atoms with Gasteiger partial charge in [0, 0.05) is 28.9 Å². The van der Waals surface area contributed by atoms with Crippen molar-refractivity contribution in [1.82, 2.24) is 34.3 Å². The maximum Gasteiger partial charge on any atom is 0.435 e. The van der Waals surface area contributed by atoms with E-state index >= 15 is 0 Å². The molecule has 27 heavy (non-hydrogen) atoms. The molecule has 0 atom stereocenters. The summed E-state index contributed by atoms with van der Waals surface area (Å²) in [5.41, 5.74) is 0.272. The van der Waals surface area contributed by atoms with Gasteiger partial charge in [0.1, 0.15) is 12.7 Å². The number of thioether (sulfide) groups is 1. The van der Waals surface area contributed by atoms with E-state index in [0.717, 1.165) is 21.2 Å². The fourth-order valence-electron chi connectivity index (χ4n) is 2.51. The van der Waals surface area contributed by atoms with E-state index in [1.165, 1.54) is 29.7 Å². The van der Waals surface area contributed by atoms with E-state index < -0.39 is 11.9 Å². The van der Waals surface area contributed by atoms with Crippen molar-refractivity contribution < 1.29 is 13.2 Å². The van der Waals surface area contributed by atoms with Crippen LogP contribution in [0.3, 0.4) is 0 Å². The monoisotopic (exact) mass is 391 g/mol. The average Bonchev–Trinajstić information content (AvgIpc) is 3.31. The van der Waals surface area contributed by atoms with Crippen molar-refractivity contribution in [3.8, 4) is 17.1 Å². The highest BCUT2D eigenvalue weighted by molar-refractivity contribution is 7.99. The molecule has 4 rings (SSSR count). The molecular weight excluding hydrogens is 379 g/mol. The Morgan fingerprint density at radius 1 is 1.22 bits per heavy atom. The molecule has 7 nitrogen and oxygen atoms in total. The van der Waals surface area contributed by atoms with E-state index in [9.17, 15) is 13.2 Å². The highest BCUT2D eigenvalue weighted by Crippen LogP contribution is 2.32. The van der Waals surface area contributed by atoms with Gasteiger partial charge in [-0.2, -0.15) is 23.4 Å². The zero-order valence-corrected chi connectivity index (χ0v) is 14.7. The molecule has 0 bridgehead atoms. The number of hydrogen-bond acceptors (Lipinski definition) is 6. The number of pyridine rings is 1. The number of aromatic nitrogens is 7. The zero-order valence-electron chi connectivity index (χ0n) is 13.9. The molecule has 0 saturated carbocycles. The summed E-state index contributed by atoms with van der Waals surface area (Å²) < 4.78 is 41.3. The van der Waals surface area contributed by atoms with Crippen LogP contribution in [0.15, 0.2) is 48.1 Å². The largest absolute Gasteiger partial charge is 0.435 e. The van der Waals surface area contributed by atoms with Gasteiger partial charge in [0.2, 0.25) is 0 Å². The van der Waals surface area contributed by atoms with Crippen LogP contribution in [0.5, 0.6) is 0 Å². The highest BCUT2D eigenvalue weighted by Gasteiger charge is 2.34. The summed E-state index contributed by atoms with van der Waals surface area (Å²) in [7, 11) is 0. The van der Waals surface area contributed by atoms with Crippen molar-refractivity contribution in [2.24, 2.45) is 0 Å². The van der Waals surface area contributed by atoms with Crippen LogP contribution in [-0.4, -0.2) is 40.1 Å². The number of alkyl halides is 3. The second-order valence-corrected chi connectivity index (χ2v) is 6.77. The van der Waals surface area contributed by atoms with Crippen molar-refractivity contribution in [3.63, 3.8) is 0 Å². The number of rotatable bonds is 4. The fraction of sp³-hybridized carbons (Fsp3) is 0.188. The number of nitrogens with zero attached hydrogens (tertiary/aromatic N) is 7. The minimum Gasteiger partial charge on any atom is -0.236 e. The van der Waals surface area contributed by atoms with Gasteiger partial charge in [-0.25, -0.2) is 24.1 Å². The smallest absolute Gasteiger partial charge is 0.236 e. The molecule has 4 aromatic heterocycles. The Hall–Kier alpha value is -2.95. The molecule has 0 saturated heterocycles. The number of halogens is 3. The third kappa shape index (κ3) is 3.37. The lowest BCUT2D eigenvalue weighted by molar-refractivity contribution is -0.141. The molecule has 0 aromatic carbocycles. The summed E-state index contributed by atoms with van der Waals surface area (Å²) >= 11 is 1.57. The number of hydrogen-bond donors (Lipinski definition) is 0. The van der Waals surface area contributed by atoms with Crippen LogP contribution in [0.1, 0.15) is 12.6 Å². The van der Waals surface area contributed by atoms with Gasteiger partial charge in [-0.1, -0.05) is 6.92 Å². The summed E-state index contributed by atoms with van der Waals surface area (Å²) in [6.45, 7) is 2.00. The minimum atomic E-state index is -4.53. The first-order chi connectivity index (χ1) is 13.0. The van der Waals surface area contributed by atoms with E-state index in [1.54, 1.807) is 17.8 Å². The summed E-state index contributed by atoms with van der Waals surface area (Å²) in [6.07, 6.45) is 1.37. The normalized spacial score (nSPS) is 12.0. The van der Waals surface area contributed by atoms with Crippen LogP contribution in [0.25, 0.3) is 22.7 Å². The lowest BCUT2D eigenvalue weighted by Crippen LogP contribution is -2.05. The van der Waals surface area contributed by atoms with E-state index in [1.807, 2.05) is 13.0 Å². The lowest BCUT2D eigenvalue weighted by atomic mass is 10.2. The Labute approximate surface area is 155 Å². The predicted octanol–water partition coefficient (Wildman–Crippen LogP) is 3.50. The van der Waals surface area contributed by atoms with Gasteiger partial charge in [0.05, 0.1) is 5.69 Å². The SMILES string of the molecule is CCSc1ccc(-n2cncn2)nc1-c1cnc2cc(C(F)(F)F)nn2c1. The van der Waals surface area contributed by atoms with Crippen molar-refractivity contribution in [2.75, 3.05) is 5.75 Å². The Kier molecular flexibility index (Phi) is 4.30. The molecular formula is C16H12F3N7S. The second kappa shape index (κ2) is 6.65. The molecule has 0 fully saturated rings. The van der Waals surface area contributed by atoms with Gasteiger partial charge in [-0.15, -0.1) is 11.8 Å². The first-order valence-corrected chi connectivity index (χ1v) is 8.86. The Balaban J connectivity index is 1.84. The standard InChI is InChI=1S/C16H12F3N7S/c1-2-27-11-3-4-13(26-9-20-8-22-26)23-15(11)10-6-21-14-5-12(16(17,18)19)24-25(14)7-10/h3-9H,2H2,1H3. The third-order valence-corrected chi connectivity index (χ3v) is 4.60. The van der Waals surface area contributed by atoms with Crippen LogP contribution in [0.4, 0.5) is 13.2 Å². The van der Waals surface area contributed by atoms with Gasteiger partial charge < -0.3 is 0 Å². The Bertz CT molecular complexity index is 1090. The first kappa shape index (κ1) is 17.5. The van der Waals surface area contributed by atoms with Crippen LogP contribution in [0.2, 0.25) is 0 Å². The molecule has 0 aliphatic rings. The Morgan fingerprint density at radius 3 is 2.78 bits per heavy atom. The lowest BCUT2D eigenvalue weighted by Gasteiger charge is -2.10. The molecule has 11 heteroatoms. The van der Waals surface area contributed by atoms with Gasteiger partial charge >= 0.3 is 6.18 Å². The van der Waals surface area contributed by atoms with Crippen molar-refractivity contribution in [1.29, 1.82) is 0 Å². The third-order valence-electron chi connectivity index (χ3n) is 3.67. The van der Waals surface area contributed by atoms with Gasteiger partial charge in [-0.05, 0) is 17.9 Å². The molecule has 4 heterocycles. The highest BCUT2D eigenvalue weighted by atomic mass is 32.2. The first-order valence-electron chi connectivity index (χ1n) is 7.87. The maximum absolute atomic E-state index is 12.9. The maximum atomic E-state index is 12.9. The molecule has 0 aliphatic carbocycles. The van der Waals surface area contributed by atoms with Gasteiger partial charge in [0.25, 0.3) is 0 Å². The van der Waals surface area contributed by atoms with Gasteiger partial charge in [-0.3, -0.25) is 0 Å². The summed E-state index contributed by atoms with van der Waals surface area (Å²) in [4.78, 5) is 13.5. The summed E-state index contributed by atoms with van der Waals surface area (Å²) in [6, 6.07) is 4.60. The molecule has 0 aliphatic heterocycles. The van der Waals surface area contributed by atoms with E-state index in [0.29, 0.717) is 17.1 Å². The van der Waals surface area contributed by atoms with E-state index in [2.05, 4.69) is 25.1 Å². The van der Waals surface area contributed by atoms with Gasteiger partial charge in [0.15, 0.2) is 17.2 Å². The predicted molar refractivity (Wildman–Crippen MR) is 92.5 cm³/mol. The van der Waals surface area contributed by atoms with E-state index in [4.69, 9.17) is 0 Å². The van der Waals surface area contributed by atoms with Crippen LogP contribution >= 0.6 is 11.8 Å². The molecule has 0 unspecified atom stereocenters. The van der Waals surface area contributed by atoms with E-state index in [-0.39, 0.29) is 5.65 Å². The molecule has 0 amide bonds.